The molecule has 5 rings (SSSR count). The maximum Gasteiger partial charge on any atom is 0.264 e. The van der Waals surface area contributed by atoms with Crippen LogP contribution in [0.1, 0.15) is 48.8 Å². The number of nitrogens with zero attached hydrogens (tertiary/aromatic N) is 2. The Morgan fingerprint density at radius 1 is 0.854 bits per heavy atom. The number of hydrogen-bond acceptors (Lipinski definition) is 5. The summed E-state index contributed by atoms with van der Waals surface area (Å²) < 4.78 is 43.5. The lowest BCUT2D eigenvalue weighted by Crippen LogP contribution is -2.55. The molecule has 1 N–H and O–H groups in total. The first-order valence-corrected chi connectivity index (χ1v) is 18.9. The van der Waals surface area contributed by atoms with Gasteiger partial charge < -0.3 is 10.2 Å². The summed E-state index contributed by atoms with van der Waals surface area (Å²) >= 11 is 1.50. The SMILES string of the molecule is CSc1ccc(S(=O)(=O)N(CC(=O)N(Cc2ccc(F)cc2)[C@@H](Cc2ccccc2)C(=O)NC2CCCCC2)c2ccc(C)cc2)cc1. The summed E-state index contributed by atoms with van der Waals surface area (Å²) in [5.74, 6) is -1.26. The molecule has 0 heterocycles. The maximum atomic E-state index is 14.6. The molecule has 1 saturated carbocycles. The van der Waals surface area contributed by atoms with Gasteiger partial charge in [-0.15, -0.1) is 11.8 Å². The summed E-state index contributed by atoms with van der Waals surface area (Å²) in [5, 5.41) is 3.20. The van der Waals surface area contributed by atoms with Crippen LogP contribution in [0.15, 0.2) is 113 Å². The zero-order valence-corrected chi connectivity index (χ0v) is 29.0. The van der Waals surface area contributed by atoms with E-state index in [4.69, 9.17) is 0 Å². The fourth-order valence-electron chi connectivity index (χ4n) is 6.00. The highest BCUT2D eigenvalue weighted by atomic mass is 32.2. The average molecular weight is 688 g/mol. The van der Waals surface area contributed by atoms with Crippen molar-refractivity contribution in [2.24, 2.45) is 0 Å². The number of nitrogens with one attached hydrogen (secondary N) is 1. The van der Waals surface area contributed by atoms with E-state index in [1.807, 2.05) is 43.5 Å². The summed E-state index contributed by atoms with van der Waals surface area (Å²) in [6, 6.07) is 27.8. The summed E-state index contributed by atoms with van der Waals surface area (Å²) in [6.45, 7) is 1.34. The number of carbonyl (C=O) groups excluding carboxylic acids is 2. The van der Waals surface area contributed by atoms with Crippen molar-refractivity contribution in [1.82, 2.24) is 10.2 Å². The van der Waals surface area contributed by atoms with E-state index in [1.165, 1.54) is 28.8 Å². The van der Waals surface area contributed by atoms with Gasteiger partial charge in [0.25, 0.3) is 10.0 Å². The quantitative estimate of drug-likeness (QED) is 0.151. The van der Waals surface area contributed by atoms with Crippen molar-refractivity contribution in [3.05, 3.63) is 126 Å². The maximum absolute atomic E-state index is 14.6. The highest BCUT2D eigenvalue weighted by Crippen LogP contribution is 2.27. The highest BCUT2D eigenvalue weighted by Gasteiger charge is 2.35. The second kappa shape index (κ2) is 16.3. The van der Waals surface area contributed by atoms with Crippen molar-refractivity contribution < 1.29 is 22.4 Å². The fourth-order valence-corrected chi connectivity index (χ4v) is 7.82. The molecular weight excluding hydrogens is 646 g/mol. The van der Waals surface area contributed by atoms with Gasteiger partial charge in [-0.2, -0.15) is 0 Å². The Hall–Kier alpha value is -4.15. The molecule has 0 bridgehead atoms. The van der Waals surface area contributed by atoms with Crippen molar-refractivity contribution in [3.8, 4) is 0 Å². The number of amides is 2. The summed E-state index contributed by atoms with van der Waals surface area (Å²) in [5.41, 5.74) is 2.74. The second-order valence-corrected chi connectivity index (χ2v) is 15.0. The molecule has 7 nitrogen and oxygen atoms in total. The first-order chi connectivity index (χ1) is 23.1. The number of carbonyl (C=O) groups is 2. The lowest BCUT2D eigenvalue weighted by Gasteiger charge is -2.35. The van der Waals surface area contributed by atoms with Crippen LogP contribution in [-0.4, -0.2) is 50.0 Å². The Bertz CT molecular complexity index is 1760. The van der Waals surface area contributed by atoms with Gasteiger partial charge >= 0.3 is 0 Å². The van der Waals surface area contributed by atoms with Gasteiger partial charge in [0, 0.05) is 23.9 Å². The molecule has 10 heteroatoms. The molecule has 48 heavy (non-hydrogen) atoms. The number of aryl methyl sites for hydroxylation is 1. The molecule has 4 aromatic rings. The molecule has 0 radical (unpaired) electrons. The largest absolute Gasteiger partial charge is 0.352 e. The Labute approximate surface area is 287 Å². The molecule has 0 aliphatic heterocycles. The normalized spacial score (nSPS) is 14.2. The van der Waals surface area contributed by atoms with E-state index >= 15 is 0 Å². The van der Waals surface area contributed by atoms with Crippen molar-refractivity contribution in [3.63, 3.8) is 0 Å². The Balaban J connectivity index is 1.55. The van der Waals surface area contributed by atoms with Gasteiger partial charge in [-0.25, -0.2) is 12.8 Å². The third-order valence-corrected chi connectivity index (χ3v) is 11.3. The predicted octanol–water partition coefficient (Wildman–Crippen LogP) is 7.14. The molecule has 1 atom stereocenters. The fraction of sp³-hybridized carbons (Fsp3) is 0.316. The van der Waals surface area contributed by atoms with Crippen LogP contribution in [0.4, 0.5) is 10.1 Å². The third-order valence-electron chi connectivity index (χ3n) is 8.74. The van der Waals surface area contributed by atoms with E-state index < -0.39 is 34.3 Å². The van der Waals surface area contributed by atoms with E-state index in [9.17, 15) is 22.4 Å². The van der Waals surface area contributed by atoms with Crippen LogP contribution in [0.2, 0.25) is 0 Å². The molecule has 4 aromatic carbocycles. The molecule has 0 spiro atoms. The van der Waals surface area contributed by atoms with Crippen LogP contribution in [0.3, 0.4) is 0 Å². The molecule has 0 saturated heterocycles. The minimum absolute atomic E-state index is 0.000914. The number of halogens is 1. The van der Waals surface area contributed by atoms with Gasteiger partial charge in [-0.3, -0.25) is 13.9 Å². The number of anilines is 1. The number of hydrogen-bond donors (Lipinski definition) is 1. The van der Waals surface area contributed by atoms with E-state index in [0.717, 1.165) is 52.4 Å². The van der Waals surface area contributed by atoms with Crippen LogP contribution in [-0.2, 0) is 32.6 Å². The van der Waals surface area contributed by atoms with E-state index in [2.05, 4.69) is 5.32 Å². The van der Waals surface area contributed by atoms with Crippen LogP contribution in [0.25, 0.3) is 0 Å². The van der Waals surface area contributed by atoms with Gasteiger partial charge in [0.15, 0.2) is 0 Å². The molecule has 1 aliphatic carbocycles. The monoisotopic (exact) mass is 687 g/mol. The minimum atomic E-state index is -4.20. The van der Waals surface area contributed by atoms with Crippen LogP contribution >= 0.6 is 11.8 Å². The third kappa shape index (κ3) is 9.05. The molecule has 252 valence electrons. The molecule has 0 aromatic heterocycles. The van der Waals surface area contributed by atoms with Gasteiger partial charge in [0.1, 0.15) is 18.4 Å². The minimum Gasteiger partial charge on any atom is -0.352 e. The Morgan fingerprint density at radius 3 is 2.12 bits per heavy atom. The summed E-state index contributed by atoms with van der Waals surface area (Å²) in [7, 11) is -4.20. The van der Waals surface area contributed by atoms with Crippen LogP contribution in [0, 0.1) is 12.7 Å². The number of rotatable bonds is 13. The molecule has 1 fully saturated rings. The number of sulfonamides is 1. The van der Waals surface area contributed by atoms with Crippen molar-refractivity contribution in [2.45, 2.75) is 73.9 Å². The standard InChI is InChI=1S/C38H42FN3O4S2/c1-28-13-19-33(20-14-28)42(48(45,46)35-23-21-34(47-2)22-24-35)27-37(43)41(26-30-15-17-31(39)18-16-30)36(25-29-9-5-3-6-10-29)38(44)40-32-11-7-4-8-12-32/h3,5-6,9-10,13-24,32,36H,4,7-8,11-12,25-27H2,1-2H3,(H,40,44)/t36-/m0/s1. The van der Waals surface area contributed by atoms with Gasteiger partial charge in [0.2, 0.25) is 11.8 Å². The van der Waals surface area contributed by atoms with Crippen molar-refractivity contribution >= 4 is 39.3 Å². The molecular formula is C38H42FN3O4S2. The van der Waals surface area contributed by atoms with E-state index in [1.54, 1.807) is 60.7 Å². The first-order valence-electron chi connectivity index (χ1n) is 16.3. The summed E-state index contributed by atoms with van der Waals surface area (Å²) in [6.07, 6.45) is 7.03. The Morgan fingerprint density at radius 2 is 1.50 bits per heavy atom. The zero-order valence-electron chi connectivity index (χ0n) is 27.3. The van der Waals surface area contributed by atoms with Gasteiger partial charge in [-0.05, 0) is 85.7 Å². The van der Waals surface area contributed by atoms with Crippen LogP contribution < -0.4 is 9.62 Å². The smallest absolute Gasteiger partial charge is 0.264 e. The molecule has 2 amide bonds. The zero-order chi connectivity index (χ0) is 34.1. The number of benzene rings is 4. The van der Waals surface area contributed by atoms with Crippen molar-refractivity contribution in [1.29, 1.82) is 0 Å². The van der Waals surface area contributed by atoms with E-state index in [-0.39, 0.29) is 29.8 Å². The van der Waals surface area contributed by atoms with Gasteiger partial charge in [-0.1, -0.05) is 79.4 Å². The average Bonchev–Trinajstić information content (AvgIpc) is 3.10. The van der Waals surface area contributed by atoms with Crippen molar-refractivity contribution in [2.75, 3.05) is 17.1 Å². The van der Waals surface area contributed by atoms with Crippen LogP contribution in [0.5, 0.6) is 0 Å². The topological polar surface area (TPSA) is 86.8 Å². The first kappa shape index (κ1) is 35.2. The van der Waals surface area contributed by atoms with E-state index in [0.29, 0.717) is 11.3 Å². The number of thioether (sulfide) groups is 1. The lowest BCUT2D eigenvalue weighted by molar-refractivity contribution is -0.140. The highest BCUT2D eigenvalue weighted by molar-refractivity contribution is 7.98. The molecule has 1 aliphatic rings. The van der Waals surface area contributed by atoms with Gasteiger partial charge in [0.05, 0.1) is 10.6 Å². The summed E-state index contributed by atoms with van der Waals surface area (Å²) in [4.78, 5) is 31.2. The predicted molar refractivity (Wildman–Crippen MR) is 190 cm³/mol. The Kier molecular flexibility index (Phi) is 11.9. The molecule has 0 unspecified atom stereocenters. The lowest BCUT2D eigenvalue weighted by atomic mass is 9.94. The second-order valence-electron chi connectivity index (χ2n) is 12.2.